The molecule has 0 saturated carbocycles. The Kier molecular flexibility index (Phi) is 3.99. The molecule has 1 aliphatic rings. The Bertz CT molecular complexity index is 538. The highest BCUT2D eigenvalue weighted by atomic mass is 16.2. The predicted octanol–water partition coefficient (Wildman–Crippen LogP) is 0.116. The van der Waals surface area contributed by atoms with Gasteiger partial charge in [0.05, 0.1) is 0 Å². The first-order valence-electron chi connectivity index (χ1n) is 6.32. The van der Waals surface area contributed by atoms with E-state index in [0.29, 0.717) is 13.1 Å². The molecule has 2 amide bonds. The molecular weight excluding hydrogens is 246 g/mol. The number of amides is 2. The van der Waals surface area contributed by atoms with Crippen LogP contribution in [0.1, 0.15) is 30.3 Å². The van der Waals surface area contributed by atoms with Gasteiger partial charge < -0.3 is 15.2 Å². The van der Waals surface area contributed by atoms with Gasteiger partial charge in [-0.05, 0) is 18.9 Å². The lowest BCUT2D eigenvalue weighted by Gasteiger charge is -2.32. The fraction of sp³-hybridized carbons (Fsp3) is 0.462. The molecule has 6 heteroatoms. The summed E-state index contributed by atoms with van der Waals surface area (Å²) in [5.74, 6) is -0.292. The maximum absolute atomic E-state index is 12.2. The normalized spacial score (nSPS) is 19.0. The number of piperidine rings is 1. The minimum atomic E-state index is -0.290. The molecule has 6 nitrogen and oxygen atoms in total. The van der Waals surface area contributed by atoms with Gasteiger partial charge in [0.15, 0.2) is 0 Å². The zero-order chi connectivity index (χ0) is 13.8. The van der Waals surface area contributed by atoms with E-state index < -0.39 is 0 Å². The number of hydrogen-bond donors (Lipinski definition) is 2. The summed E-state index contributed by atoms with van der Waals surface area (Å²) >= 11 is 0. The molecule has 0 bridgehead atoms. The highest BCUT2D eigenvalue weighted by molar-refractivity contribution is 5.92. The lowest BCUT2D eigenvalue weighted by atomic mass is 10.1. The number of carbonyl (C=O) groups excluding carboxylic acids is 2. The highest BCUT2D eigenvalue weighted by Gasteiger charge is 2.25. The first kappa shape index (κ1) is 13.3. The summed E-state index contributed by atoms with van der Waals surface area (Å²) in [6.45, 7) is 2.59. The molecule has 1 atom stereocenters. The van der Waals surface area contributed by atoms with Crippen molar-refractivity contribution < 1.29 is 9.59 Å². The molecule has 1 unspecified atom stereocenters. The molecule has 19 heavy (non-hydrogen) atoms. The van der Waals surface area contributed by atoms with E-state index in [9.17, 15) is 14.4 Å². The standard InChI is InChI=1S/C13H17N3O3/c1-9(17)14-10-4-3-7-16(8-10)13(19)11-5-2-6-12(18)15-11/h2,5-6,10H,3-4,7-8H2,1H3,(H,14,17)(H,15,18). The summed E-state index contributed by atoms with van der Waals surface area (Å²) in [7, 11) is 0. The molecule has 0 aromatic carbocycles. The van der Waals surface area contributed by atoms with E-state index in [4.69, 9.17) is 0 Å². The lowest BCUT2D eigenvalue weighted by molar-refractivity contribution is -0.120. The summed E-state index contributed by atoms with van der Waals surface area (Å²) in [5.41, 5.74) is -0.00255. The number of nitrogens with zero attached hydrogens (tertiary/aromatic N) is 1. The molecule has 0 spiro atoms. The fourth-order valence-electron chi connectivity index (χ4n) is 2.31. The fourth-order valence-corrected chi connectivity index (χ4v) is 2.31. The Hall–Kier alpha value is -2.11. The molecule has 2 rings (SSSR count). The van der Waals surface area contributed by atoms with Crippen LogP contribution >= 0.6 is 0 Å². The second kappa shape index (κ2) is 5.69. The van der Waals surface area contributed by atoms with Crippen LogP contribution in [-0.4, -0.2) is 40.8 Å². The van der Waals surface area contributed by atoms with E-state index in [-0.39, 0.29) is 29.1 Å². The third-order valence-electron chi connectivity index (χ3n) is 3.11. The van der Waals surface area contributed by atoms with Gasteiger partial charge in [0, 0.05) is 32.1 Å². The van der Waals surface area contributed by atoms with Gasteiger partial charge in [0.25, 0.3) is 5.91 Å². The van der Waals surface area contributed by atoms with Crippen molar-refractivity contribution in [1.29, 1.82) is 0 Å². The van der Waals surface area contributed by atoms with Crippen molar-refractivity contribution in [3.63, 3.8) is 0 Å². The van der Waals surface area contributed by atoms with Crippen molar-refractivity contribution in [2.24, 2.45) is 0 Å². The van der Waals surface area contributed by atoms with Crippen LogP contribution in [0, 0.1) is 0 Å². The molecule has 102 valence electrons. The average Bonchev–Trinajstić information content (AvgIpc) is 2.37. The van der Waals surface area contributed by atoms with Gasteiger partial charge in [0.1, 0.15) is 5.69 Å². The molecule has 0 aliphatic carbocycles. The number of nitrogens with one attached hydrogen (secondary N) is 2. The summed E-state index contributed by atoms with van der Waals surface area (Å²) in [6, 6.07) is 4.51. The molecule has 1 fully saturated rings. The van der Waals surface area contributed by atoms with Gasteiger partial charge in [-0.3, -0.25) is 14.4 Å². The molecule has 2 heterocycles. The Morgan fingerprint density at radius 2 is 2.21 bits per heavy atom. The highest BCUT2D eigenvalue weighted by Crippen LogP contribution is 2.12. The first-order chi connectivity index (χ1) is 9.06. The van der Waals surface area contributed by atoms with E-state index >= 15 is 0 Å². The molecule has 1 saturated heterocycles. The van der Waals surface area contributed by atoms with Crippen molar-refractivity contribution in [3.8, 4) is 0 Å². The van der Waals surface area contributed by atoms with Gasteiger partial charge in [-0.2, -0.15) is 0 Å². The number of H-pyrrole nitrogens is 1. The van der Waals surface area contributed by atoms with E-state index in [2.05, 4.69) is 10.3 Å². The van der Waals surface area contributed by atoms with Crippen LogP contribution in [0.4, 0.5) is 0 Å². The zero-order valence-electron chi connectivity index (χ0n) is 10.8. The lowest BCUT2D eigenvalue weighted by Crippen LogP contribution is -2.49. The van der Waals surface area contributed by atoms with Crippen molar-refractivity contribution in [2.45, 2.75) is 25.8 Å². The van der Waals surface area contributed by atoms with Gasteiger partial charge in [-0.15, -0.1) is 0 Å². The van der Waals surface area contributed by atoms with E-state index in [1.54, 1.807) is 17.0 Å². The maximum Gasteiger partial charge on any atom is 0.270 e. The molecule has 1 aromatic rings. The van der Waals surface area contributed by atoms with E-state index in [1.165, 1.54) is 13.0 Å². The zero-order valence-corrected chi connectivity index (χ0v) is 10.8. The summed E-state index contributed by atoms with van der Waals surface area (Å²) < 4.78 is 0. The Morgan fingerprint density at radius 1 is 1.42 bits per heavy atom. The second-order valence-electron chi connectivity index (χ2n) is 4.72. The summed E-state index contributed by atoms with van der Waals surface area (Å²) in [4.78, 5) is 38.7. The molecule has 2 N–H and O–H groups in total. The van der Waals surface area contributed by atoms with Gasteiger partial charge in [-0.1, -0.05) is 6.07 Å². The number of aromatic amines is 1. The molecule has 1 aromatic heterocycles. The van der Waals surface area contributed by atoms with Gasteiger partial charge >= 0.3 is 0 Å². The SMILES string of the molecule is CC(=O)NC1CCCN(C(=O)c2cccc(=O)[nH]2)C1. The Morgan fingerprint density at radius 3 is 2.89 bits per heavy atom. The van der Waals surface area contributed by atoms with Crippen LogP contribution in [-0.2, 0) is 4.79 Å². The Labute approximate surface area is 110 Å². The number of carbonyl (C=O) groups is 2. The van der Waals surface area contributed by atoms with Crippen LogP contribution in [0.25, 0.3) is 0 Å². The van der Waals surface area contributed by atoms with Crippen LogP contribution in [0.5, 0.6) is 0 Å². The van der Waals surface area contributed by atoms with Crippen molar-refractivity contribution in [2.75, 3.05) is 13.1 Å². The number of hydrogen-bond acceptors (Lipinski definition) is 3. The number of aromatic nitrogens is 1. The van der Waals surface area contributed by atoms with Crippen LogP contribution < -0.4 is 10.9 Å². The molecule has 0 radical (unpaired) electrons. The van der Waals surface area contributed by atoms with Crippen LogP contribution in [0.3, 0.4) is 0 Å². The smallest absolute Gasteiger partial charge is 0.270 e. The third kappa shape index (κ3) is 3.43. The summed E-state index contributed by atoms with van der Waals surface area (Å²) in [5, 5.41) is 2.82. The largest absolute Gasteiger partial charge is 0.352 e. The third-order valence-corrected chi connectivity index (χ3v) is 3.11. The number of rotatable bonds is 2. The van der Waals surface area contributed by atoms with Crippen molar-refractivity contribution in [3.05, 3.63) is 34.2 Å². The predicted molar refractivity (Wildman–Crippen MR) is 69.8 cm³/mol. The summed E-state index contributed by atoms with van der Waals surface area (Å²) in [6.07, 6.45) is 1.71. The van der Waals surface area contributed by atoms with Crippen molar-refractivity contribution >= 4 is 11.8 Å². The quantitative estimate of drug-likeness (QED) is 0.795. The minimum Gasteiger partial charge on any atom is -0.352 e. The van der Waals surface area contributed by atoms with Crippen molar-refractivity contribution in [1.82, 2.24) is 15.2 Å². The topological polar surface area (TPSA) is 82.3 Å². The second-order valence-corrected chi connectivity index (χ2v) is 4.72. The number of pyridine rings is 1. The van der Waals surface area contributed by atoms with Gasteiger partial charge in [0.2, 0.25) is 11.5 Å². The first-order valence-corrected chi connectivity index (χ1v) is 6.32. The maximum atomic E-state index is 12.2. The average molecular weight is 263 g/mol. The molecular formula is C13H17N3O3. The number of likely N-dealkylation sites (tertiary alicyclic amines) is 1. The monoisotopic (exact) mass is 263 g/mol. The Balaban J connectivity index is 2.07. The van der Waals surface area contributed by atoms with Crippen LogP contribution in [0.2, 0.25) is 0 Å². The molecule has 1 aliphatic heterocycles. The van der Waals surface area contributed by atoms with E-state index in [1.807, 2.05) is 0 Å². The van der Waals surface area contributed by atoms with E-state index in [0.717, 1.165) is 12.8 Å². The van der Waals surface area contributed by atoms with Gasteiger partial charge in [-0.25, -0.2) is 0 Å². The minimum absolute atomic E-state index is 0.00867. The van der Waals surface area contributed by atoms with Crippen LogP contribution in [0.15, 0.2) is 23.0 Å².